The molecule has 0 saturated heterocycles. The summed E-state index contributed by atoms with van der Waals surface area (Å²) < 4.78 is 20.6. The van der Waals surface area contributed by atoms with Crippen LogP contribution in [0.5, 0.6) is 0 Å². The van der Waals surface area contributed by atoms with Gasteiger partial charge in [-0.1, -0.05) is 41.6 Å². The van der Waals surface area contributed by atoms with Crippen molar-refractivity contribution in [2.75, 3.05) is 0 Å². The summed E-state index contributed by atoms with van der Waals surface area (Å²) in [6.45, 7) is 7.30. The fourth-order valence-electron chi connectivity index (χ4n) is 5.23. The van der Waals surface area contributed by atoms with Crippen molar-refractivity contribution in [3.63, 3.8) is 0 Å². The zero-order chi connectivity index (χ0) is 30.8. The lowest BCUT2D eigenvalue weighted by Gasteiger charge is -2.27. The van der Waals surface area contributed by atoms with Gasteiger partial charge < -0.3 is 14.7 Å². The molecule has 0 fully saturated rings. The number of aromatic nitrogens is 2. The number of oxime groups is 1. The summed E-state index contributed by atoms with van der Waals surface area (Å²) in [5, 5.41) is 15.7. The molecule has 8 nitrogen and oxygen atoms in total. The van der Waals surface area contributed by atoms with Crippen LogP contribution in [0.4, 0.5) is 4.39 Å². The molecule has 0 bridgehead atoms. The van der Waals surface area contributed by atoms with Crippen LogP contribution in [-0.4, -0.2) is 37.5 Å². The highest BCUT2D eigenvalue weighted by molar-refractivity contribution is 6.04. The second-order valence-electron chi connectivity index (χ2n) is 12.1. The number of hydrogen-bond acceptors (Lipinski definition) is 7. The highest BCUT2D eigenvalue weighted by Gasteiger charge is 2.42. The van der Waals surface area contributed by atoms with E-state index in [0.29, 0.717) is 53.8 Å². The van der Waals surface area contributed by atoms with Crippen LogP contribution in [0.3, 0.4) is 0 Å². The molecule has 9 heteroatoms. The van der Waals surface area contributed by atoms with Crippen LogP contribution in [0.1, 0.15) is 76.4 Å². The Hall–Kier alpha value is -4.37. The molecule has 224 valence electrons. The van der Waals surface area contributed by atoms with E-state index in [2.05, 4.69) is 5.16 Å². The van der Waals surface area contributed by atoms with Gasteiger partial charge in [-0.25, -0.2) is 9.37 Å². The van der Waals surface area contributed by atoms with Crippen LogP contribution in [0.15, 0.2) is 82.7 Å². The second kappa shape index (κ2) is 12.1. The van der Waals surface area contributed by atoms with Crippen molar-refractivity contribution in [3.05, 3.63) is 106 Å². The van der Waals surface area contributed by atoms with E-state index in [9.17, 15) is 19.1 Å². The molecule has 43 heavy (non-hydrogen) atoms. The Labute approximate surface area is 249 Å². The molecule has 3 aromatic carbocycles. The number of halogens is 1. The molecule has 2 atom stereocenters. The van der Waals surface area contributed by atoms with Gasteiger partial charge in [0.25, 0.3) is 5.56 Å². The molecule has 1 N–H and O–H groups in total. The number of benzene rings is 3. The van der Waals surface area contributed by atoms with E-state index >= 15 is 0 Å². The number of carbonyl (C=O) groups excluding carboxylic acids is 1. The SMILES string of the molecule is CC(C)(C)OC(=O)CCCCc1nc2cc(C3=NO[C@](C)([C@@H](O)c4ccccc4)C3)ccc2c(=O)n1-c1ccc(F)cc1. The Bertz CT molecular complexity index is 1710. The van der Waals surface area contributed by atoms with E-state index in [1.807, 2.05) is 58.0 Å². The molecule has 2 heterocycles. The van der Waals surface area contributed by atoms with Crippen LogP contribution in [0.25, 0.3) is 16.6 Å². The fourth-order valence-corrected chi connectivity index (χ4v) is 5.23. The minimum Gasteiger partial charge on any atom is -0.460 e. The summed E-state index contributed by atoms with van der Waals surface area (Å²) in [6, 6.07) is 20.3. The number of aliphatic hydroxyl groups is 1. The zero-order valence-corrected chi connectivity index (χ0v) is 24.8. The van der Waals surface area contributed by atoms with Gasteiger partial charge in [-0.3, -0.25) is 14.2 Å². The van der Waals surface area contributed by atoms with Gasteiger partial charge in [0.15, 0.2) is 5.60 Å². The summed E-state index contributed by atoms with van der Waals surface area (Å²) in [4.78, 5) is 36.6. The molecular formula is C34H36FN3O5. The lowest BCUT2D eigenvalue weighted by atomic mass is 9.87. The summed E-state index contributed by atoms with van der Waals surface area (Å²) >= 11 is 0. The molecule has 1 aliphatic rings. The van der Waals surface area contributed by atoms with E-state index in [1.54, 1.807) is 30.3 Å². The molecular weight excluding hydrogens is 549 g/mol. The maximum Gasteiger partial charge on any atom is 0.306 e. The summed E-state index contributed by atoms with van der Waals surface area (Å²) in [5.74, 6) is -0.180. The number of ether oxygens (including phenoxy) is 1. The summed E-state index contributed by atoms with van der Waals surface area (Å²) in [7, 11) is 0. The highest BCUT2D eigenvalue weighted by atomic mass is 19.1. The Morgan fingerprint density at radius 1 is 1.09 bits per heavy atom. The molecule has 1 aliphatic heterocycles. The smallest absolute Gasteiger partial charge is 0.306 e. The van der Waals surface area contributed by atoms with Crippen LogP contribution in [0, 0.1) is 5.82 Å². The zero-order valence-electron chi connectivity index (χ0n) is 24.8. The van der Waals surface area contributed by atoms with Crippen LogP contribution >= 0.6 is 0 Å². The molecule has 1 aromatic heterocycles. The maximum absolute atomic E-state index is 13.8. The number of aryl methyl sites for hydroxylation is 1. The number of esters is 1. The minimum absolute atomic E-state index is 0.253. The van der Waals surface area contributed by atoms with Crippen LogP contribution in [0.2, 0.25) is 0 Å². The van der Waals surface area contributed by atoms with Crippen molar-refractivity contribution in [3.8, 4) is 5.69 Å². The van der Waals surface area contributed by atoms with Crippen LogP contribution < -0.4 is 5.56 Å². The quantitative estimate of drug-likeness (QED) is 0.185. The number of unbranched alkanes of at least 4 members (excludes halogenated alkanes) is 1. The first-order valence-corrected chi connectivity index (χ1v) is 14.5. The average molecular weight is 586 g/mol. The van der Waals surface area contributed by atoms with Crippen molar-refractivity contribution in [1.82, 2.24) is 9.55 Å². The number of nitrogens with zero attached hydrogens (tertiary/aromatic N) is 3. The Kier molecular flexibility index (Phi) is 8.46. The van der Waals surface area contributed by atoms with Crippen molar-refractivity contribution in [2.24, 2.45) is 5.16 Å². The summed E-state index contributed by atoms with van der Waals surface area (Å²) in [6.07, 6.45) is 1.30. The molecule has 0 saturated carbocycles. The average Bonchev–Trinajstić information content (AvgIpc) is 3.38. The van der Waals surface area contributed by atoms with Gasteiger partial charge in [0.1, 0.15) is 23.3 Å². The van der Waals surface area contributed by atoms with Gasteiger partial charge in [0, 0.05) is 24.8 Å². The fraction of sp³-hybridized carbons (Fsp3) is 0.353. The van der Waals surface area contributed by atoms with Gasteiger partial charge in [-0.15, -0.1) is 0 Å². The largest absolute Gasteiger partial charge is 0.460 e. The predicted octanol–water partition coefficient (Wildman–Crippen LogP) is 6.20. The van der Waals surface area contributed by atoms with E-state index in [-0.39, 0.29) is 17.9 Å². The molecule has 0 unspecified atom stereocenters. The highest BCUT2D eigenvalue weighted by Crippen LogP contribution is 2.37. The van der Waals surface area contributed by atoms with E-state index in [4.69, 9.17) is 14.6 Å². The van der Waals surface area contributed by atoms with E-state index in [1.165, 1.54) is 16.7 Å². The lowest BCUT2D eigenvalue weighted by Crippen LogP contribution is -2.33. The van der Waals surface area contributed by atoms with Crippen molar-refractivity contribution >= 4 is 22.6 Å². The van der Waals surface area contributed by atoms with Gasteiger partial charge >= 0.3 is 5.97 Å². The third-order valence-electron chi connectivity index (χ3n) is 7.38. The van der Waals surface area contributed by atoms with Gasteiger partial charge in [-0.2, -0.15) is 0 Å². The first-order chi connectivity index (χ1) is 20.4. The minimum atomic E-state index is -0.954. The molecule has 4 aromatic rings. The molecule has 0 amide bonds. The Balaban J connectivity index is 1.43. The normalized spacial score (nSPS) is 17.4. The van der Waals surface area contributed by atoms with Crippen molar-refractivity contribution in [1.29, 1.82) is 0 Å². The van der Waals surface area contributed by atoms with Gasteiger partial charge in [0.2, 0.25) is 0 Å². The number of carbonyl (C=O) groups is 1. The molecule has 0 spiro atoms. The number of rotatable bonds is 9. The van der Waals surface area contributed by atoms with E-state index < -0.39 is 23.1 Å². The Morgan fingerprint density at radius 2 is 1.81 bits per heavy atom. The van der Waals surface area contributed by atoms with E-state index in [0.717, 1.165) is 11.1 Å². The van der Waals surface area contributed by atoms with Crippen LogP contribution in [-0.2, 0) is 20.8 Å². The number of hydrogen-bond donors (Lipinski definition) is 1. The summed E-state index contributed by atoms with van der Waals surface area (Å²) in [5.41, 5.74) is 1.32. The third-order valence-corrected chi connectivity index (χ3v) is 7.38. The first-order valence-electron chi connectivity index (χ1n) is 14.5. The van der Waals surface area contributed by atoms with Crippen molar-refractivity contribution < 1.29 is 23.9 Å². The van der Waals surface area contributed by atoms with Gasteiger partial charge in [0.05, 0.1) is 22.3 Å². The molecule has 0 aliphatic carbocycles. The topological polar surface area (TPSA) is 103 Å². The predicted molar refractivity (Wildman–Crippen MR) is 163 cm³/mol. The molecule has 5 rings (SSSR count). The Morgan fingerprint density at radius 3 is 2.51 bits per heavy atom. The maximum atomic E-state index is 13.8. The number of fused-ring (bicyclic) bond motifs is 1. The number of aliphatic hydroxyl groups excluding tert-OH is 1. The van der Waals surface area contributed by atoms with Crippen molar-refractivity contribution in [2.45, 2.75) is 77.1 Å². The lowest BCUT2D eigenvalue weighted by molar-refractivity contribution is -0.154. The standard InChI is InChI=1S/C34H36FN3O5/c1-33(2,3)42-30(39)13-9-8-12-29-36-27-20-23(14-19-26(27)32(41)38(29)25-17-15-24(35)16-18-25)28-21-34(4,43-37-28)31(40)22-10-6-5-7-11-22/h5-7,10-11,14-20,31,40H,8-9,12-13,21H2,1-4H3/t31-,34-/m0/s1. The van der Waals surface area contributed by atoms with Gasteiger partial charge in [-0.05, 0) is 82.5 Å². The second-order valence-corrected chi connectivity index (χ2v) is 12.1. The first kappa shape index (κ1) is 30.1. The third kappa shape index (κ3) is 6.83. The monoisotopic (exact) mass is 585 g/mol. The molecule has 0 radical (unpaired) electrons.